The molecule has 1 aliphatic heterocycles. The van der Waals surface area contributed by atoms with Crippen molar-refractivity contribution in [2.45, 2.75) is 18.1 Å². The van der Waals surface area contributed by atoms with E-state index in [1.54, 1.807) is 24.3 Å². The molecule has 10 heteroatoms. The number of methoxy groups -OCH3 is 1. The second-order valence-electron chi connectivity index (χ2n) is 6.72. The molecule has 0 spiro atoms. The minimum atomic E-state index is -3.70. The predicted molar refractivity (Wildman–Crippen MR) is 103 cm³/mol. The van der Waals surface area contributed by atoms with Crippen LogP contribution in [0.2, 0.25) is 0 Å². The number of carbonyl (C=O) groups is 2. The number of esters is 1. The zero-order valence-corrected chi connectivity index (χ0v) is 17.1. The van der Waals surface area contributed by atoms with Crippen molar-refractivity contribution in [3.8, 4) is 5.75 Å². The van der Waals surface area contributed by atoms with Gasteiger partial charge in [0.15, 0.2) is 0 Å². The van der Waals surface area contributed by atoms with Crippen molar-refractivity contribution < 1.29 is 31.9 Å². The molecular weight excluding hydrogens is 400 g/mol. The molecule has 0 radical (unpaired) electrons. The number of carbonyl (C=O) groups excluding carboxylic acids is 2. The maximum Gasteiger partial charge on any atom is 0.311 e. The Balaban J connectivity index is 1.61. The summed E-state index contributed by atoms with van der Waals surface area (Å²) in [5.41, 5.74) is 0.647. The maximum absolute atomic E-state index is 12.4. The van der Waals surface area contributed by atoms with Crippen LogP contribution in [0.5, 0.6) is 5.75 Å². The fourth-order valence-electron chi connectivity index (χ4n) is 2.91. The smallest absolute Gasteiger partial charge is 0.311 e. The standard InChI is InChI=1S/C19H22N2O7S/c1-20(2)29(24,25)18-8-7-16(28-18)12-27-19(23)13-9-17(22)21(11-13)14-5-4-6-15(10-14)26-3/h4-8,10,13H,9,11-12H2,1-3H3. The first kappa shape index (κ1) is 20.9. The lowest BCUT2D eigenvalue weighted by atomic mass is 10.1. The van der Waals surface area contributed by atoms with Crippen molar-refractivity contribution in [1.29, 1.82) is 0 Å². The largest absolute Gasteiger partial charge is 0.497 e. The zero-order chi connectivity index (χ0) is 21.2. The van der Waals surface area contributed by atoms with Gasteiger partial charge in [0, 0.05) is 38.8 Å². The molecule has 3 rings (SSSR count). The second kappa shape index (κ2) is 8.26. The number of rotatable bonds is 7. The molecule has 1 fully saturated rings. The summed E-state index contributed by atoms with van der Waals surface area (Å²) >= 11 is 0. The number of benzene rings is 1. The highest BCUT2D eigenvalue weighted by Gasteiger charge is 2.36. The van der Waals surface area contributed by atoms with Crippen LogP contribution in [0.4, 0.5) is 5.69 Å². The van der Waals surface area contributed by atoms with Gasteiger partial charge in [-0.25, -0.2) is 12.7 Å². The normalized spacial score (nSPS) is 17.0. The van der Waals surface area contributed by atoms with E-state index in [-0.39, 0.29) is 36.3 Å². The monoisotopic (exact) mass is 422 g/mol. The van der Waals surface area contributed by atoms with Gasteiger partial charge in [-0.3, -0.25) is 9.59 Å². The first-order chi connectivity index (χ1) is 13.7. The molecule has 1 aliphatic rings. The third-order valence-electron chi connectivity index (χ3n) is 4.55. The molecule has 0 aliphatic carbocycles. The lowest BCUT2D eigenvalue weighted by Gasteiger charge is -2.17. The zero-order valence-electron chi connectivity index (χ0n) is 16.3. The molecule has 1 aromatic heterocycles. The number of hydrogen-bond donors (Lipinski definition) is 0. The van der Waals surface area contributed by atoms with Crippen molar-refractivity contribution >= 4 is 27.6 Å². The van der Waals surface area contributed by atoms with E-state index in [9.17, 15) is 18.0 Å². The highest BCUT2D eigenvalue weighted by molar-refractivity contribution is 7.88. The van der Waals surface area contributed by atoms with Crippen molar-refractivity contribution in [3.05, 3.63) is 42.2 Å². The van der Waals surface area contributed by atoms with Gasteiger partial charge in [0.05, 0.1) is 13.0 Å². The molecular formula is C19H22N2O7S. The first-order valence-electron chi connectivity index (χ1n) is 8.84. The molecule has 1 aromatic carbocycles. The average molecular weight is 422 g/mol. The van der Waals surface area contributed by atoms with Crippen LogP contribution in [-0.2, 0) is 31.0 Å². The van der Waals surface area contributed by atoms with Crippen molar-refractivity contribution in [3.63, 3.8) is 0 Å². The molecule has 0 N–H and O–H groups in total. The summed E-state index contributed by atoms with van der Waals surface area (Å²) in [6.07, 6.45) is 0.0362. The fourth-order valence-corrected chi connectivity index (χ4v) is 3.72. The minimum absolute atomic E-state index is 0.0362. The molecule has 1 atom stereocenters. The average Bonchev–Trinajstić information content (AvgIpc) is 3.33. The molecule has 9 nitrogen and oxygen atoms in total. The number of sulfonamides is 1. The van der Waals surface area contributed by atoms with Gasteiger partial charge in [0.25, 0.3) is 10.0 Å². The molecule has 0 saturated carbocycles. The molecule has 156 valence electrons. The van der Waals surface area contributed by atoms with E-state index in [1.165, 1.54) is 38.2 Å². The van der Waals surface area contributed by atoms with E-state index in [1.807, 2.05) is 0 Å². The van der Waals surface area contributed by atoms with E-state index >= 15 is 0 Å². The lowest BCUT2D eigenvalue weighted by molar-refractivity contribution is -0.150. The number of nitrogens with zero attached hydrogens (tertiary/aromatic N) is 2. The van der Waals surface area contributed by atoms with Crippen molar-refractivity contribution in [2.75, 3.05) is 32.6 Å². The summed E-state index contributed by atoms with van der Waals surface area (Å²) in [6.45, 7) is -0.0190. The van der Waals surface area contributed by atoms with E-state index in [0.717, 1.165) is 4.31 Å². The highest BCUT2D eigenvalue weighted by Crippen LogP contribution is 2.28. The SMILES string of the molecule is COc1cccc(N2CC(C(=O)OCc3ccc(S(=O)(=O)N(C)C)o3)CC2=O)c1. The highest BCUT2D eigenvalue weighted by atomic mass is 32.2. The summed E-state index contributed by atoms with van der Waals surface area (Å²) in [6, 6.07) is 9.77. The number of furan rings is 1. The number of ether oxygens (including phenoxy) is 2. The molecule has 2 aromatic rings. The Hall–Kier alpha value is -2.85. The van der Waals surface area contributed by atoms with Gasteiger partial charge < -0.3 is 18.8 Å². The third kappa shape index (κ3) is 4.43. The maximum atomic E-state index is 12.4. The van der Waals surface area contributed by atoms with Crippen LogP contribution in [0.3, 0.4) is 0 Å². The van der Waals surface area contributed by atoms with Gasteiger partial charge in [-0.2, -0.15) is 0 Å². The van der Waals surface area contributed by atoms with Crippen LogP contribution in [0, 0.1) is 5.92 Å². The first-order valence-corrected chi connectivity index (χ1v) is 10.3. The van der Waals surface area contributed by atoms with Crippen molar-refractivity contribution in [1.82, 2.24) is 4.31 Å². The van der Waals surface area contributed by atoms with E-state index in [4.69, 9.17) is 13.9 Å². The Morgan fingerprint density at radius 2 is 2.03 bits per heavy atom. The van der Waals surface area contributed by atoms with Gasteiger partial charge in [-0.05, 0) is 24.3 Å². The van der Waals surface area contributed by atoms with Gasteiger partial charge in [0.2, 0.25) is 11.0 Å². The Morgan fingerprint density at radius 3 is 2.72 bits per heavy atom. The molecule has 1 saturated heterocycles. The minimum Gasteiger partial charge on any atom is -0.497 e. The Bertz CT molecular complexity index is 1010. The molecule has 2 heterocycles. The summed E-state index contributed by atoms with van der Waals surface area (Å²) in [7, 11) is 0.623. The predicted octanol–water partition coefficient (Wildman–Crippen LogP) is 1.63. The van der Waals surface area contributed by atoms with Gasteiger partial charge >= 0.3 is 5.97 Å². The number of anilines is 1. The summed E-state index contributed by atoms with van der Waals surface area (Å²) in [4.78, 5) is 26.2. The lowest BCUT2D eigenvalue weighted by Crippen LogP contribution is -2.26. The topological polar surface area (TPSA) is 106 Å². The van der Waals surface area contributed by atoms with E-state index in [2.05, 4.69) is 0 Å². The Morgan fingerprint density at radius 1 is 1.28 bits per heavy atom. The van der Waals surface area contributed by atoms with Crippen LogP contribution in [-0.4, -0.2) is 52.3 Å². The summed E-state index contributed by atoms with van der Waals surface area (Å²) in [5, 5.41) is -0.228. The van der Waals surface area contributed by atoms with E-state index < -0.39 is 21.9 Å². The number of hydrogen-bond acceptors (Lipinski definition) is 7. The van der Waals surface area contributed by atoms with E-state index in [0.29, 0.717) is 11.4 Å². The molecule has 1 unspecified atom stereocenters. The number of amides is 1. The Kier molecular flexibility index (Phi) is 5.94. The Labute approximate surface area is 168 Å². The van der Waals surface area contributed by atoms with Crippen LogP contribution in [0.25, 0.3) is 0 Å². The van der Waals surface area contributed by atoms with Crippen LogP contribution in [0.15, 0.2) is 45.9 Å². The molecule has 29 heavy (non-hydrogen) atoms. The van der Waals surface area contributed by atoms with Crippen molar-refractivity contribution in [2.24, 2.45) is 5.92 Å². The fraction of sp³-hybridized carbons (Fsp3) is 0.368. The quantitative estimate of drug-likeness (QED) is 0.624. The molecule has 0 bridgehead atoms. The van der Waals surface area contributed by atoms with Gasteiger partial charge in [-0.15, -0.1) is 0 Å². The van der Waals surface area contributed by atoms with Gasteiger partial charge in [0.1, 0.15) is 18.1 Å². The van der Waals surface area contributed by atoms with Crippen LogP contribution < -0.4 is 9.64 Å². The summed E-state index contributed by atoms with van der Waals surface area (Å²) in [5.74, 6) is -0.529. The van der Waals surface area contributed by atoms with Gasteiger partial charge in [-0.1, -0.05) is 6.07 Å². The van der Waals surface area contributed by atoms with Crippen LogP contribution >= 0.6 is 0 Å². The summed E-state index contributed by atoms with van der Waals surface area (Å²) < 4.78 is 40.7. The second-order valence-corrected chi connectivity index (χ2v) is 8.81. The van der Waals surface area contributed by atoms with Crippen LogP contribution in [0.1, 0.15) is 12.2 Å². The molecule has 1 amide bonds. The third-order valence-corrected chi connectivity index (χ3v) is 6.24.